The number of amides is 2. The van der Waals surface area contributed by atoms with E-state index in [1.54, 1.807) is 42.2 Å². The van der Waals surface area contributed by atoms with Gasteiger partial charge < -0.3 is 20.2 Å². The van der Waals surface area contributed by atoms with Crippen molar-refractivity contribution in [2.24, 2.45) is 0 Å². The van der Waals surface area contributed by atoms with Gasteiger partial charge >= 0.3 is 5.97 Å². The van der Waals surface area contributed by atoms with Crippen LogP contribution >= 0.6 is 0 Å². The minimum Gasteiger partial charge on any atom is -0.478 e. The zero-order valence-electron chi connectivity index (χ0n) is 15.0. The molecule has 140 valence electrons. The van der Waals surface area contributed by atoms with E-state index in [-0.39, 0.29) is 17.4 Å². The molecule has 1 saturated heterocycles. The van der Waals surface area contributed by atoms with E-state index in [2.05, 4.69) is 5.32 Å². The van der Waals surface area contributed by atoms with Gasteiger partial charge in [-0.15, -0.1) is 0 Å². The van der Waals surface area contributed by atoms with Gasteiger partial charge in [-0.3, -0.25) is 9.59 Å². The van der Waals surface area contributed by atoms with Crippen molar-refractivity contribution in [3.63, 3.8) is 0 Å². The molecule has 2 amide bonds. The Labute approximate surface area is 157 Å². The first-order valence-corrected chi connectivity index (χ1v) is 8.70. The zero-order valence-corrected chi connectivity index (χ0v) is 15.0. The molecular weight excluding hydrogens is 346 g/mol. The van der Waals surface area contributed by atoms with Gasteiger partial charge in [0, 0.05) is 38.7 Å². The highest BCUT2D eigenvalue weighted by Crippen LogP contribution is 2.29. The summed E-state index contributed by atoms with van der Waals surface area (Å²) in [4.78, 5) is 39.2. The maximum atomic E-state index is 12.5. The van der Waals surface area contributed by atoms with Crippen LogP contribution < -0.4 is 10.2 Å². The Bertz CT molecular complexity index is 859. The maximum absolute atomic E-state index is 12.5. The molecule has 1 aliphatic heterocycles. The topological polar surface area (TPSA) is 90.0 Å². The molecule has 0 radical (unpaired) electrons. The van der Waals surface area contributed by atoms with Gasteiger partial charge in [-0.05, 0) is 30.3 Å². The summed E-state index contributed by atoms with van der Waals surface area (Å²) in [5.41, 5.74) is 1.78. The first kappa shape index (κ1) is 18.4. The van der Waals surface area contributed by atoms with Gasteiger partial charge in [-0.2, -0.15) is 0 Å². The van der Waals surface area contributed by atoms with Gasteiger partial charge in [0.25, 0.3) is 5.91 Å². The molecule has 0 saturated carbocycles. The number of aromatic carboxylic acids is 1. The van der Waals surface area contributed by atoms with Crippen LogP contribution in [0.4, 0.5) is 11.4 Å². The summed E-state index contributed by atoms with van der Waals surface area (Å²) >= 11 is 0. The van der Waals surface area contributed by atoms with Crippen molar-refractivity contribution >= 4 is 29.2 Å². The lowest BCUT2D eigenvalue weighted by molar-refractivity contribution is -0.129. The first-order valence-electron chi connectivity index (χ1n) is 8.70. The molecule has 2 aromatic carbocycles. The lowest BCUT2D eigenvalue weighted by Gasteiger charge is -2.36. The predicted octanol–water partition coefficient (Wildman–Crippen LogP) is 2.31. The summed E-state index contributed by atoms with van der Waals surface area (Å²) in [5, 5.41) is 12.1. The van der Waals surface area contributed by atoms with Crippen molar-refractivity contribution in [2.45, 2.75) is 6.92 Å². The number of nitrogens with one attached hydrogen (secondary N) is 1. The van der Waals surface area contributed by atoms with Crippen molar-refractivity contribution in [1.29, 1.82) is 0 Å². The maximum Gasteiger partial charge on any atom is 0.335 e. The second-order valence-electron chi connectivity index (χ2n) is 6.35. The highest BCUT2D eigenvalue weighted by Gasteiger charge is 2.22. The Morgan fingerprint density at radius 3 is 2.19 bits per heavy atom. The smallest absolute Gasteiger partial charge is 0.335 e. The number of carboxylic acid groups (broad SMARTS) is 1. The van der Waals surface area contributed by atoms with Crippen LogP contribution in [-0.4, -0.2) is 54.0 Å². The summed E-state index contributed by atoms with van der Waals surface area (Å²) in [6.45, 7) is 3.94. The van der Waals surface area contributed by atoms with Gasteiger partial charge in [0.1, 0.15) is 0 Å². The van der Waals surface area contributed by atoms with Crippen LogP contribution in [0.1, 0.15) is 27.6 Å². The van der Waals surface area contributed by atoms with E-state index in [1.165, 1.54) is 12.1 Å². The molecule has 0 unspecified atom stereocenters. The van der Waals surface area contributed by atoms with Crippen molar-refractivity contribution in [3.8, 4) is 0 Å². The fourth-order valence-electron chi connectivity index (χ4n) is 3.09. The number of benzene rings is 2. The number of carbonyl (C=O) groups is 3. The standard InChI is InChI=1S/C20H21N3O4/c1-14(24)22-9-11-23(12-10-22)18-8-7-16(20(26)27)13-17(18)21-19(25)15-5-3-2-4-6-15/h2-8,13H,9-12H2,1H3,(H,21,25)(H,26,27). The fourth-order valence-corrected chi connectivity index (χ4v) is 3.09. The van der Waals surface area contributed by atoms with E-state index in [9.17, 15) is 19.5 Å². The second kappa shape index (κ2) is 7.90. The molecule has 27 heavy (non-hydrogen) atoms. The lowest BCUT2D eigenvalue weighted by Crippen LogP contribution is -2.48. The molecule has 2 N–H and O–H groups in total. The van der Waals surface area contributed by atoms with Crippen LogP contribution in [0.15, 0.2) is 48.5 Å². The minimum absolute atomic E-state index is 0.0356. The Morgan fingerprint density at radius 2 is 1.59 bits per heavy atom. The lowest BCUT2D eigenvalue weighted by atomic mass is 10.1. The van der Waals surface area contributed by atoms with Crippen LogP contribution in [0.25, 0.3) is 0 Å². The molecule has 3 rings (SSSR count). The van der Waals surface area contributed by atoms with Gasteiger partial charge in [0.15, 0.2) is 0 Å². The van der Waals surface area contributed by atoms with Crippen LogP contribution in [0.2, 0.25) is 0 Å². The average Bonchev–Trinajstić information content (AvgIpc) is 2.68. The highest BCUT2D eigenvalue weighted by molar-refractivity contribution is 6.06. The zero-order chi connectivity index (χ0) is 19.4. The molecule has 2 aromatic rings. The van der Waals surface area contributed by atoms with Crippen LogP contribution in [0.5, 0.6) is 0 Å². The highest BCUT2D eigenvalue weighted by atomic mass is 16.4. The molecule has 7 heteroatoms. The third-order valence-electron chi connectivity index (χ3n) is 4.59. The minimum atomic E-state index is -1.06. The van der Waals surface area contributed by atoms with Gasteiger partial charge in [0.2, 0.25) is 5.91 Å². The fraction of sp³-hybridized carbons (Fsp3) is 0.250. The molecule has 1 fully saturated rings. The van der Waals surface area contributed by atoms with E-state index in [0.29, 0.717) is 37.4 Å². The van der Waals surface area contributed by atoms with Crippen molar-refractivity contribution < 1.29 is 19.5 Å². The average molecular weight is 367 g/mol. The SMILES string of the molecule is CC(=O)N1CCN(c2ccc(C(=O)O)cc2NC(=O)c2ccccc2)CC1. The summed E-state index contributed by atoms with van der Waals surface area (Å²) in [7, 11) is 0. The Morgan fingerprint density at radius 1 is 0.926 bits per heavy atom. The number of piperazine rings is 1. The summed E-state index contributed by atoms with van der Waals surface area (Å²) in [6.07, 6.45) is 0. The van der Waals surface area contributed by atoms with E-state index < -0.39 is 5.97 Å². The first-order chi connectivity index (χ1) is 13.0. The van der Waals surface area contributed by atoms with E-state index in [1.807, 2.05) is 11.0 Å². The normalized spacial score (nSPS) is 14.0. The predicted molar refractivity (Wildman–Crippen MR) is 102 cm³/mol. The molecule has 7 nitrogen and oxygen atoms in total. The molecule has 1 aliphatic rings. The molecule has 0 bridgehead atoms. The molecule has 0 aromatic heterocycles. The molecule has 0 aliphatic carbocycles. The molecule has 0 atom stereocenters. The molecular formula is C20H21N3O4. The number of hydrogen-bond acceptors (Lipinski definition) is 4. The van der Waals surface area contributed by atoms with Crippen LogP contribution in [-0.2, 0) is 4.79 Å². The van der Waals surface area contributed by atoms with E-state index in [0.717, 1.165) is 5.69 Å². The van der Waals surface area contributed by atoms with Crippen LogP contribution in [0.3, 0.4) is 0 Å². The van der Waals surface area contributed by atoms with Crippen molar-refractivity contribution in [3.05, 3.63) is 59.7 Å². The number of nitrogens with zero attached hydrogens (tertiary/aromatic N) is 2. The molecule has 0 spiro atoms. The van der Waals surface area contributed by atoms with Gasteiger partial charge in [-0.25, -0.2) is 4.79 Å². The third-order valence-corrected chi connectivity index (χ3v) is 4.59. The van der Waals surface area contributed by atoms with Gasteiger partial charge in [-0.1, -0.05) is 18.2 Å². The summed E-state index contributed by atoms with van der Waals surface area (Å²) < 4.78 is 0. The monoisotopic (exact) mass is 367 g/mol. The van der Waals surface area contributed by atoms with Crippen LogP contribution in [0, 0.1) is 0 Å². The summed E-state index contributed by atoms with van der Waals surface area (Å²) in [5.74, 6) is -1.33. The Kier molecular flexibility index (Phi) is 5.40. The number of anilines is 2. The Balaban J connectivity index is 1.86. The number of carbonyl (C=O) groups excluding carboxylic acids is 2. The van der Waals surface area contributed by atoms with Crippen molar-refractivity contribution in [1.82, 2.24) is 4.90 Å². The van der Waals surface area contributed by atoms with E-state index >= 15 is 0 Å². The number of rotatable bonds is 4. The number of carboxylic acids is 1. The Hall–Kier alpha value is -3.35. The number of hydrogen-bond donors (Lipinski definition) is 2. The van der Waals surface area contributed by atoms with Crippen molar-refractivity contribution in [2.75, 3.05) is 36.4 Å². The quantitative estimate of drug-likeness (QED) is 0.865. The third kappa shape index (κ3) is 4.25. The van der Waals surface area contributed by atoms with E-state index in [4.69, 9.17) is 0 Å². The summed E-state index contributed by atoms with van der Waals surface area (Å²) in [6, 6.07) is 13.4. The molecule has 1 heterocycles. The largest absolute Gasteiger partial charge is 0.478 e. The second-order valence-corrected chi connectivity index (χ2v) is 6.35. The van der Waals surface area contributed by atoms with Gasteiger partial charge in [0.05, 0.1) is 16.9 Å².